The number of aromatic amines is 1. The van der Waals surface area contributed by atoms with Crippen LogP contribution in [-0.4, -0.2) is 25.2 Å². The molecule has 6 nitrogen and oxygen atoms in total. The van der Waals surface area contributed by atoms with Crippen molar-refractivity contribution in [2.24, 2.45) is 0 Å². The zero-order valence-electron chi connectivity index (χ0n) is 13.7. The molecule has 0 radical (unpaired) electrons. The third-order valence-corrected chi connectivity index (χ3v) is 5.09. The molecule has 2 heterocycles. The van der Waals surface area contributed by atoms with Crippen molar-refractivity contribution in [1.82, 2.24) is 25.2 Å². The monoisotopic (exact) mass is 330 g/mol. The van der Waals surface area contributed by atoms with Crippen molar-refractivity contribution >= 4 is 16.6 Å². The first-order chi connectivity index (χ1) is 12.3. The van der Waals surface area contributed by atoms with Gasteiger partial charge in [-0.2, -0.15) is 5.21 Å². The van der Waals surface area contributed by atoms with Gasteiger partial charge in [-0.05, 0) is 54.3 Å². The van der Waals surface area contributed by atoms with E-state index in [2.05, 4.69) is 55.5 Å². The fraction of sp³-hybridized carbons (Fsp3) is 0.211. The molecule has 25 heavy (non-hydrogen) atoms. The lowest BCUT2D eigenvalue weighted by molar-refractivity contribution is 0.324. The molecule has 1 fully saturated rings. The van der Waals surface area contributed by atoms with Crippen LogP contribution in [0.1, 0.15) is 25.3 Å². The Balaban J connectivity index is 1.73. The second-order valence-electron chi connectivity index (χ2n) is 6.62. The maximum Gasteiger partial charge on any atom is 0.204 e. The number of fused-ring (bicyclic) bond motifs is 1. The molecule has 2 aromatic carbocycles. The summed E-state index contributed by atoms with van der Waals surface area (Å²) >= 11 is 0. The molecule has 3 N–H and O–H groups in total. The third-order valence-electron chi connectivity index (χ3n) is 5.09. The van der Waals surface area contributed by atoms with Gasteiger partial charge in [0.15, 0.2) is 0 Å². The number of aromatic nitrogens is 5. The standard InChI is InChI=1S/C19H18N6/c20-15-8-6-12(7-9-15)17-10-13-4-5-14(19-21-23-24-22-19)11-18(13)25(17)16-2-1-3-16/h4-11,16H,1-3,20H2,(H,21,22,23,24). The van der Waals surface area contributed by atoms with Gasteiger partial charge in [0.1, 0.15) is 0 Å². The number of H-pyrrole nitrogens is 1. The Kier molecular flexibility index (Phi) is 3.09. The van der Waals surface area contributed by atoms with Crippen molar-refractivity contribution in [2.75, 3.05) is 5.73 Å². The van der Waals surface area contributed by atoms with Gasteiger partial charge in [0.25, 0.3) is 0 Å². The number of nitrogens with two attached hydrogens (primary N) is 1. The van der Waals surface area contributed by atoms with Crippen LogP contribution < -0.4 is 5.73 Å². The fourth-order valence-electron chi connectivity index (χ4n) is 3.56. The smallest absolute Gasteiger partial charge is 0.204 e. The molecule has 5 rings (SSSR count). The molecule has 1 aliphatic carbocycles. The van der Waals surface area contributed by atoms with Gasteiger partial charge in [-0.3, -0.25) is 0 Å². The molecule has 124 valence electrons. The fourth-order valence-corrected chi connectivity index (χ4v) is 3.56. The van der Waals surface area contributed by atoms with E-state index in [9.17, 15) is 0 Å². The normalized spacial score (nSPS) is 14.7. The summed E-state index contributed by atoms with van der Waals surface area (Å²) in [6, 6.07) is 17.3. The van der Waals surface area contributed by atoms with E-state index in [1.165, 1.54) is 41.4 Å². The van der Waals surface area contributed by atoms with Crippen LogP contribution in [-0.2, 0) is 0 Å². The van der Waals surface area contributed by atoms with Gasteiger partial charge in [-0.15, -0.1) is 10.2 Å². The zero-order valence-corrected chi connectivity index (χ0v) is 13.7. The summed E-state index contributed by atoms with van der Waals surface area (Å²) in [7, 11) is 0. The molecule has 0 saturated heterocycles. The molecule has 0 unspecified atom stereocenters. The molecular formula is C19H18N6. The predicted molar refractivity (Wildman–Crippen MR) is 97.8 cm³/mol. The maximum atomic E-state index is 5.86. The topological polar surface area (TPSA) is 85.4 Å². The lowest BCUT2D eigenvalue weighted by Crippen LogP contribution is -2.17. The number of nitrogens with zero attached hydrogens (tertiary/aromatic N) is 4. The first-order valence-corrected chi connectivity index (χ1v) is 8.54. The summed E-state index contributed by atoms with van der Waals surface area (Å²) in [5.41, 5.74) is 11.3. The van der Waals surface area contributed by atoms with E-state index in [0.717, 1.165) is 11.3 Å². The summed E-state index contributed by atoms with van der Waals surface area (Å²) in [6.07, 6.45) is 3.73. The van der Waals surface area contributed by atoms with Gasteiger partial charge in [0, 0.05) is 33.9 Å². The lowest BCUT2D eigenvalue weighted by Gasteiger charge is -2.30. The Morgan fingerprint density at radius 3 is 2.48 bits per heavy atom. The molecule has 0 aliphatic heterocycles. The summed E-state index contributed by atoms with van der Waals surface area (Å²) in [6.45, 7) is 0. The Bertz CT molecular complexity index is 1030. The van der Waals surface area contributed by atoms with Crippen LogP contribution >= 0.6 is 0 Å². The first kappa shape index (κ1) is 14.2. The Morgan fingerprint density at radius 1 is 1.00 bits per heavy atom. The number of hydrogen-bond acceptors (Lipinski definition) is 4. The van der Waals surface area contributed by atoms with Crippen molar-refractivity contribution in [1.29, 1.82) is 0 Å². The lowest BCUT2D eigenvalue weighted by atomic mass is 9.92. The van der Waals surface area contributed by atoms with E-state index in [4.69, 9.17) is 5.73 Å². The molecule has 0 bridgehead atoms. The van der Waals surface area contributed by atoms with E-state index in [-0.39, 0.29) is 0 Å². The minimum Gasteiger partial charge on any atom is -0.399 e. The first-order valence-electron chi connectivity index (χ1n) is 8.54. The van der Waals surface area contributed by atoms with Crippen molar-refractivity contribution < 1.29 is 0 Å². The number of nitrogen functional groups attached to an aromatic ring is 1. The molecule has 2 aromatic heterocycles. The van der Waals surface area contributed by atoms with Crippen LogP contribution in [0.3, 0.4) is 0 Å². The molecule has 1 aliphatic rings. The average molecular weight is 330 g/mol. The molecule has 0 amide bonds. The zero-order chi connectivity index (χ0) is 16.8. The quantitative estimate of drug-likeness (QED) is 0.560. The molecule has 4 aromatic rings. The van der Waals surface area contributed by atoms with Gasteiger partial charge in [0.05, 0.1) is 0 Å². The van der Waals surface area contributed by atoms with Crippen molar-refractivity contribution in [3.63, 3.8) is 0 Å². The highest BCUT2D eigenvalue weighted by Gasteiger charge is 2.24. The van der Waals surface area contributed by atoms with E-state index in [1.807, 2.05) is 18.2 Å². The second-order valence-corrected chi connectivity index (χ2v) is 6.62. The largest absolute Gasteiger partial charge is 0.399 e. The Morgan fingerprint density at radius 2 is 1.80 bits per heavy atom. The highest BCUT2D eigenvalue weighted by molar-refractivity contribution is 5.90. The molecule has 1 saturated carbocycles. The second kappa shape index (κ2) is 5.44. The van der Waals surface area contributed by atoms with Crippen LogP contribution in [0, 0.1) is 0 Å². The van der Waals surface area contributed by atoms with Crippen molar-refractivity contribution in [3.05, 3.63) is 48.5 Å². The van der Waals surface area contributed by atoms with Crippen LogP contribution in [0.4, 0.5) is 5.69 Å². The summed E-state index contributed by atoms with van der Waals surface area (Å²) in [5.74, 6) is 0.622. The van der Waals surface area contributed by atoms with Gasteiger partial charge in [-0.25, -0.2) is 0 Å². The van der Waals surface area contributed by atoms with Crippen molar-refractivity contribution in [2.45, 2.75) is 25.3 Å². The van der Waals surface area contributed by atoms with E-state index >= 15 is 0 Å². The number of nitrogens with one attached hydrogen (secondary N) is 1. The van der Waals surface area contributed by atoms with Gasteiger partial charge in [-0.1, -0.05) is 24.3 Å². The van der Waals surface area contributed by atoms with Gasteiger partial charge >= 0.3 is 0 Å². The minimum absolute atomic E-state index is 0.547. The SMILES string of the molecule is Nc1ccc(-c2cc3ccc(-c4nn[nH]n4)cc3n2C2CCC2)cc1. The molecular weight excluding hydrogens is 312 g/mol. The van der Waals surface area contributed by atoms with Gasteiger partial charge < -0.3 is 10.3 Å². The van der Waals surface area contributed by atoms with E-state index in [0.29, 0.717) is 11.9 Å². The van der Waals surface area contributed by atoms with Crippen LogP contribution in [0.2, 0.25) is 0 Å². The van der Waals surface area contributed by atoms with Crippen LogP contribution in [0.15, 0.2) is 48.5 Å². The predicted octanol–water partition coefficient (Wildman–Crippen LogP) is 3.80. The van der Waals surface area contributed by atoms with Gasteiger partial charge in [0.2, 0.25) is 5.82 Å². The minimum atomic E-state index is 0.547. The highest BCUT2D eigenvalue weighted by atomic mass is 15.5. The molecule has 6 heteroatoms. The number of rotatable bonds is 3. The highest BCUT2D eigenvalue weighted by Crippen LogP contribution is 2.40. The molecule has 0 atom stereocenters. The number of benzene rings is 2. The summed E-state index contributed by atoms with van der Waals surface area (Å²) in [4.78, 5) is 0. The van der Waals surface area contributed by atoms with E-state index < -0.39 is 0 Å². The number of tetrazole rings is 1. The number of anilines is 1. The van der Waals surface area contributed by atoms with Crippen LogP contribution in [0.25, 0.3) is 33.5 Å². The van der Waals surface area contributed by atoms with E-state index in [1.54, 1.807) is 0 Å². The Labute approximate surface area is 144 Å². The summed E-state index contributed by atoms with van der Waals surface area (Å²) in [5, 5.41) is 15.6. The average Bonchev–Trinajstić information content (AvgIpc) is 3.22. The third kappa shape index (κ3) is 2.29. The number of hydrogen-bond donors (Lipinski definition) is 2. The van der Waals surface area contributed by atoms with Crippen LogP contribution in [0.5, 0.6) is 0 Å². The maximum absolute atomic E-state index is 5.86. The molecule has 0 spiro atoms. The Hall–Kier alpha value is -3.15. The summed E-state index contributed by atoms with van der Waals surface area (Å²) < 4.78 is 2.47. The van der Waals surface area contributed by atoms with Crippen molar-refractivity contribution in [3.8, 4) is 22.6 Å².